The molecule has 7 heteroatoms. The van der Waals surface area contributed by atoms with Crippen LogP contribution < -0.4 is 11.4 Å². The SMILES string of the molecule is Nn1c(SCc2cc(F)ccc2F)nc2ccccc2c1=O. The third-order valence-corrected chi connectivity index (χ3v) is 4.14. The van der Waals surface area contributed by atoms with Crippen molar-refractivity contribution in [3.63, 3.8) is 0 Å². The first-order chi connectivity index (χ1) is 10.6. The standard InChI is InChI=1S/C15H11F2N3OS/c16-10-5-6-12(17)9(7-10)8-22-15-19-13-4-2-1-3-11(13)14(21)20(15)18/h1-7H,8,18H2. The van der Waals surface area contributed by atoms with Crippen LogP contribution in [0.3, 0.4) is 0 Å². The van der Waals surface area contributed by atoms with Crippen molar-refractivity contribution in [2.24, 2.45) is 0 Å². The largest absolute Gasteiger partial charge is 0.334 e. The van der Waals surface area contributed by atoms with E-state index in [2.05, 4.69) is 4.98 Å². The number of rotatable bonds is 3. The van der Waals surface area contributed by atoms with Gasteiger partial charge in [0.05, 0.1) is 10.9 Å². The van der Waals surface area contributed by atoms with Gasteiger partial charge in [-0.2, -0.15) is 0 Å². The lowest BCUT2D eigenvalue weighted by atomic mass is 10.2. The lowest BCUT2D eigenvalue weighted by Crippen LogP contribution is -2.29. The molecule has 112 valence electrons. The second-order valence-electron chi connectivity index (χ2n) is 4.61. The Morgan fingerprint density at radius 3 is 2.77 bits per heavy atom. The highest BCUT2D eigenvalue weighted by Gasteiger charge is 2.11. The van der Waals surface area contributed by atoms with Gasteiger partial charge in [0, 0.05) is 11.3 Å². The topological polar surface area (TPSA) is 60.9 Å². The highest BCUT2D eigenvalue weighted by Crippen LogP contribution is 2.23. The summed E-state index contributed by atoms with van der Waals surface area (Å²) in [5.41, 5.74) is 0.316. The molecule has 0 spiro atoms. The predicted octanol–water partition coefficient (Wildman–Crippen LogP) is 2.68. The van der Waals surface area contributed by atoms with Crippen LogP contribution in [0.25, 0.3) is 10.9 Å². The Morgan fingerprint density at radius 1 is 1.18 bits per heavy atom. The Bertz CT molecular complexity index is 911. The molecule has 0 radical (unpaired) electrons. The molecule has 0 aliphatic carbocycles. The number of thioether (sulfide) groups is 1. The molecule has 0 atom stereocenters. The van der Waals surface area contributed by atoms with Crippen LogP contribution in [-0.4, -0.2) is 9.66 Å². The van der Waals surface area contributed by atoms with Crippen molar-refractivity contribution in [2.75, 3.05) is 5.84 Å². The summed E-state index contributed by atoms with van der Waals surface area (Å²) in [7, 11) is 0. The molecule has 0 aliphatic heterocycles. The number of benzene rings is 2. The number of halogens is 2. The van der Waals surface area contributed by atoms with Gasteiger partial charge in [-0.1, -0.05) is 23.9 Å². The molecule has 3 aromatic rings. The minimum atomic E-state index is -0.520. The van der Waals surface area contributed by atoms with Gasteiger partial charge < -0.3 is 5.84 Å². The molecular weight excluding hydrogens is 308 g/mol. The number of aromatic nitrogens is 2. The molecule has 0 aliphatic rings. The molecular formula is C15H11F2N3OS. The highest BCUT2D eigenvalue weighted by atomic mass is 32.2. The van der Waals surface area contributed by atoms with E-state index in [0.717, 1.165) is 34.6 Å². The first-order valence-corrected chi connectivity index (χ1v) is 7.38. The van der Waals surface area contributed by atoms with Gasteiger partial charge in [-0.3, -0.25) is 4.79 Å². The Labute approximate surface area is 128 Å². The monoisotopic (exact) mass is 319 g/mol. The average Bonchev–Trinajstić information content (AvgIpc) is 2.52. The van der Waals surface area contributed by atoms with Crippen LogP contribution in [0.15, 0.2) is 52.4 Å². The Hall–Kier alpha value is -2.41. The van der Waals surface area contributed by atoms with Crippen LogP contribution in [0.5, 0.6) is 0 Å². The van der Waals surface area contributed by atoms with Gasteiger partial charge in [0.25, 0.3) is 5.56 Å². The lowest BCUT2D eigenvalue weighted by molar-refractivity contribution is 0.591. The smallest absolute Gasteiger partial charge is 0.280 e. The maximum Gasteiger partial charge on any atom is 0.280 e. The summed E-state index contributed by atoms with van der Waals surface area (Å²) in [5, 5.41) is 0.652. The third-order valence-electron chi connectivity index (χ3n) is 3.14. The lowest BCUT2D eigenvalue weighted by Gasteiger charge is -2.08. The summed E-state index contributed by atoms with van der Waals surface area (Å²) >= 11 is 1.07. The second-order valence-corrected chi connectivity index (χ2v) is 5.55. The summed E-state index contributed by atoms with van der Waals surface area (Å²) in [5.74, 6) is 4.82. The van der Waals surface area contributed by atoms with Gasteiger partial charge in [-0.05, 0) is 30.3 Å². The summed E-state index contributed by atoms with van der Waals surface area (Å²) in [6, 6.07) is 10.0. The van der Waals surface area contributed by atoms with Crippen LogP contribution in [-0.2, 0) is 5.75 Å². The Kier molecular flexibility index (Phi) is 3.81. The first-order valence-electron chi connectivity index (χ1n) is 6.40. The summed E-state index contributed by atoms with van der Waals surface area (Å²) in [6.45, 7) is 0. The molecule has 0 saturated carbocycles. The van der Waals surface area contributed by atoms with E-state index in [0.29, 0.717) is 10.9 Å². The van der Waals surface area contributed by atoms with Crippen LogP contribution in [0.4, 0.5) is 8.78 Å². The van der Waals surface area contributed by atoms with Gasteiger partial charge in [-0.25, -0.2) is 18.4 Å². The van der Waals surface area contributed by atoms with Crippen molar-refractivity contribution in [1.29, 1.82) is 0 Å². The number of hydrogen-bond acceptors (Lipinski definition) is 4. The molecule has 3 rings (SSSR count). The number of para-hydroxylation sites is 1. The Morgan fingerprint density at radius 2 is 1.95 bits per heavy atom. The molecule has 2 N–H and O–H groups in total. The Balaban J connectivity index is 1.96. The van der Waals surface area contributed by atoms with Crippen molar-refractivity contribution < 1.29 is 8.78 Å². The van der Waals surface area contributed by atoms with Crippen molar-refractivity contribution >= 4 is 22.7 Å². The molecule has 1 aromatic heterocycles. The zero-order valence-electron chi connectivity index (χ0n) is 11.3. The molecule has 22 heavy (non-hydrogen) atoms. The predicted molar refractivity (Wildman–Crippen MR) is 82.1 cm³/mol. The second kappa shape index (κ2) is 5.76. The van der Waals surface area contributed by atoms with E-state index in [1.165, 1.54) is 0 Å². The summed E-state index contributed by atoms with van der Waals surface area (Å²) < 4.78 is 27.7. The molecule has 1 heterocycles. The number of nitrogens with zero attached hydrogens (tertiary/aromatic N) is 2. The van der Waals surface area contributed by atoms with E-state index >= 15 is 0 Å². The fourth-order valence-electron chi connectivity index (χ4n) is 2.02. The van der Waals surface area contributed by atoms with Gasteiger partial charge in [0.2, 0.25) is 0 Å². The van der Waals surface area contributed by atoms with E-state index in [9.17, 15) is 13.6 Å². The van der Waals surface area contributed by atoms with Gasteiger partial charge in [0.15, 0.2) is 5.16 Å². The molecule has 0 bridgehead atoms. The van der Waals surface area contributed by atoms with Crippen LogP contribution in [0.1, 0.15) is 5.56 Å². The molecule has 0 saturated heterocycles. The normalized spacial score (nSPS) is 11.0. The van der Waals surface area contributed by atoms with E-state index in [-0.39, 0.29) is 22.0 Å². The minimum absolute atomic E-state index is 0.117. The minimum Gasteiger partial charge on any atom is -0.334 e. The van der Waals surface area contributed by atoms with Gasteiger partial charge >= 0.3 is 0 Å². The molecule has 0 amide bonds. The molecule has 0 unspecified atom stereocenters. The molecule has 0 fully saturated rings. The third kappa shape index (κ3) is 2.67. The van der Waals surface area contributed by atoms with Crippen molar-refractivity contribution in [1.82, 2.24) is 9.66 Å². The molecule has 4 nitrogen and oxygen atoms in total. The summed E-state index contributed by atoms with van der Waals surface area (Å²) in [6.07, 6.45) is 0. The van der Waals surface area contributed by atoms with Crippen LogP contribution in [0.2, 0.25) is 0 Å². The summed E-state index contributed by atoms with van der Waals surface area (Å²) in [4.78, 5) is 16.4. The first kappa shape index (κ1) is 14.5. The zero-order valence-corrected chi connectivity index (χ0v) is 12.1. The molecule has 2 aromatic carbocycles. The van der Waals surface area contributed by atoms with Crippen molar-refractivity contribution in [2.45, 2.75) is 10.9 Å². The quantitative estimate of drug-likeness (QED) is 0.458. The zero-order chi connectivity index (χ0) is 15.7. The number of hydrogen-bond donors (Lipinski definition) is 1. The van der Waals surface area contributed by atoms with E-state index in [1.807, 2.05) is 0 Å². The average molecular weight is 319 g/mol. The number of nitrogens with two attached hydrogens (primary N) is 1. The van der Waals surface area contributed by atoms with Crippen molar-refractivity contribution in [3.05, 3.63) is 70.0 Å². The number of fused-ring (bicyclic) bond motifs is 1. The van der Waals surface area contributed by atoms with E-state index in [4.69, 9.17) is 5.84 Å². The fraction of sp³-hybridized carbons (Fsp3) is 0.0667. The maximum absolute atomic E-state index is 13.6. The van der Waals surface area contributed by atoms with Crippen LogP contribution >= 0.6 is 11.8 Å². The number of nitrogen functional groups attached to an aromatic ring is 1. The van der Waals surface area contributed by atoms with E-state index < -0.39 is 11.6 Å². The van der Waals surface area contributed by atoms with Gasteiger partial charge in [0.1, 0.15) is 11.6 Å². The maximum atomic E-state index is 13.6. The van der Waals surface area contributed by atoms with E-state index in [1.54, 1.807) is 24.3 Å². The van der Waals surface area contributed by atoms with Crippen LogP contribution in [0, 0.1) is 11.6 Å². The van der Waals surface area contributed by atoms with Crippen molar-refractivity contribution in [3.8, 4) is 0 Å². The fourth-order valence-corrected chi connectivity index (χ4v) is 2.91. The van der Waals surface area contributed by atoms with Gasteiger partial charge in [-0.15, -0.1) is 0 Å². The highest BCUT2D eigenvalue weighted by molar-refractivity contribution is 7.98.